The van der Waals surface area contributed by atoms with E-state index in [0.29, 0.717) is 28.9 Å². The highest BCUT2D eigenvalue weighted by atomic mass is 32.2. The second-order valence-corrected chi connectivity index (χ2v) is 8.05. The minimum atomic E-state index is -0.198. The van der Waals surface area contributed by atoms with Crippen LogP contribution in [-0.2, 0) is 16.0 Å². The molecular formula is C14H15N5O2S3. The fourth-order valence-corrected chi connectivity index (χ4v) is 4.53. The van der Waals surface area contributed by atoms with Crippen LogP contribution in [0.25, 0.3) is 0 Å². The molecular weight excluding hydrogens is 366 g/mol. The van der Waals surface area contributed by atoms with Crippen LogP contribution in [0.2, 0.25) is 0 Å². The summed E-state index contributed by atoms with van der Waals surface area (Å²) in [6.07, 6.45) is 3.36. The third-order valence-electron chi connectivity index (χ3n) is 3.16. The molecule has 2 amide bonds. The predicted molar refractivity (Wildman–Crippen MR) is 96.9 cm³/mol. The molecule has 7 nitrogen and oxygen atoms in total. The summed E-state index contributed by atoms with van der Waals surface area (Å²) in [6, 6.07) is 0. The maximum absolute atomic E-state index is 12.1. The average molecular weight is 382 g/mol. The Hall–Kier alpha value is -1.78. The Morgan fingerprint density at radius 1 is 1.50 bits per heavy atom. The Balaban J connectivity index is 1.55. The summed E-state index contributed by atoms with van der Waals surface area (Å²) in [4.78, 5) is 29.9. The summed E-state index contributed by atoms with van der Waals surface area (Å²) in [7, 11) is 0. The van der Waals surface area contributed by atoms with E-state index < -0.39 is 0 Å². The molecule has 3 heterocycles. The fraction of sp³-hybridized carbons (Fsp3) is 0.357. The normalized spacial score (nSPS) is 14.2. The van der Waals surface area contributed by atoms with Gasteiger partial charge in [-0.3, -0.25) is 14.5 Å². The van der Waals surface area contributed by atoms with Crippen molar-refractivity contribution in [1.29, 1.82) is 0 Å². The van der Waals surface area contributed by atoms with Gasteiger partial charge in [0.2, 0.25) is 16.9 Å². The number of hydrogen-bond donors (Lipinski definition) is 1. The van der Waals surface area contributed by atoms with Gasteiger partial charge in [-0.2, -0.15) is 0 Å². The zero-order valence-electron chi connectivity index (χ0n) is 12.7. The van der Waals surface area contributed by atoms with E-state index in [9.17, 15) is 9.59 Å². The number of carbonyl (C=O) groups excluding carboxylic acids is 2. The highest BCUT2D eigenvalue weighted by Crippen LogP contribution is 2.27. The van der Waals surface area contributed by atoms with E-state index in [1.807, 2.05) is 5.38 Å². The first-order valence-corrected chi connectivity index (χ1v) is 9.95. The summed E-state index contributed by atoms with van der Waals surface area (Å²) in [5, 5.41) is 13.6. The van der Waals surface area contributed by atoms with Gasteiger partial charge in [-0.05, 0) is 6.42 Å². The number of amides is 2. The number of carbonyl (C=O) groups is 2. The Labute approximate surface area is 151 Å². The highest BCUT2D eigenvalue weighted by molar-refractivity contribution is 8.01. The molecule has 1 fully saturated rings. The Bertz CT molecular complexity index is 757. The SMILES string of the molecule is C=CCSc1nnc(NC(=O)Cc2csc(N3CCCC3=O)n2)s1. The Kier molecular flexibility index (Phi) is 5.59. The number of thioether (sulfide) groups is 1. The van der Waals surface area contributed by atoms with E-state index in [4.69, 9.17) is 0 Å². The number of anilines is 2. The van der Waals surface area contributed by atoms with Crippen LogP contribution in [0.15, 0.2) is 22.4 Å². The van der Waals surface area contributed by atoms with Crippen LogP contribution >= 0.6 is 34.4 Å². The second kappa shape index (κ2) is 7.86. The first-order chi connectivity index (χ1) is 11.7. The molecule has 1 aliphatic rings. The minimum absolute atomic E-state index is 0.0961. The van der Waals surface area contributed by atoms with Gasteiger partial charge in [0, 0.05) is 24.1 Å². The van der Waals surface area contributed by atoms with Gasteiger partial charge in [0.15, 0.2) is 9.47 Å². The van der Waals surface area contributed by atoms with Gasteiger partial charge in [-0.25, -0.2) is 4.98 Å². The molecule has 0 unspecified atom stereocenters. The lowest BCUT2D eigenvalue weighted by Crippen LogP contribution is -2.23. The molecule has 1 N–H and O–H groups in total. The molecule has 1 aliphatic heterocycles. The van der Waals surface area contributed by atoms with Crippen molar-refractivity contribution in [3.63, 3.8) is 0 Å². The second-order valence-electron chi connectivity index (χ2n) is 4.97. The van der Waals surface area contributed by atoms with E-state index in [1.54, 1.807) is 11.0 Å². The first kappa shape index (κ1) is 17.1. The van der Waals surface area contributed by atoms with Crippen molar-refractivity contribution in [2.45, 2.75) is 23.6 Å². The van der Waals surface area contributed by atoms with Crippen molar-refractivity contribution in [3.8, 4) is 0 Å². The van der Waals surface area contributed by atoms with Crippen molar-refractivity contribution in [1.82, 2.24) is 15.2 Å². The molecule has 1 saturated heterocycles. The number of nitrogens with one attached hydrogen (secondary N) is 1. The smallest absolute Gasteiger partial charge is 0.232 e. The van der Waals surface area contributed by atoms with Gasteiger partial charge in [-0.15, -0.1) is 28.1 Å². The minimum Gasteiger partial charge on any atom is -0.300 e. The molecule has 0 atom stereocenters. The molecule has 3 rings (SSSR count). The van der Waals surface area contributed by atoms with Crippen LogP contribution in [-0.4, -0.2) is 39.3 Å². The van der Waals surface area contributed by atoms with Gasteiger partial charge in [-0.1, -0.05) is 29.2 Å². The zero-order valence-corrected chi connectivity index (χ0v) is 15.2. The molecule has 0 aliphatic carbocycles. The zero-order chi connectivity index (χ0) is 16.9. The lowest BCUT2D eigenvalue weighted by molar-refractivity contribution is -0.117. The monoisotopic (exact) mass is 381 g/mol. The summed E-state index contributed by atoms with van der Waals surface area (Å²) < 4.78 is 0.786. The number of hydrogen-bond acceptors (Lipinski definition) is 8. The standard InChI is InChI=1S/C14H15N5O2S3/c1-2-6-22-14-18-17-12(24-14)16-10(20)7-9-8-23-13(15-9)19-5-3-4-11(19)21/h2,8H,1,3-7H2,(H,16,17,20). The third-order valence-corrected chi connectivity index (χ3v) is 6.04. The van der Waals surface area contributed by atoms with Crippen LogP contribution in [0.3, 0.4) is 0 Å². The van der Waals surface area contributed by atoms with Crippen molar-refractivity contribution in [2.75, 3.05) is 22.5 Å². The number of aromatic nitrogens is 3. The molecule has 10 heteroatoms. The maximum Gasteiger partial charge on any atom is 0.232 e. The van der Waals surface area contributed by atoms with Crippen molar-refractivity contribution in [2.24, 2.45) is 0 Å². The van der Waals surface area contributed by atoms with E-state index >= 15 is 0 Å². The van der Waals surface area contributed by atoms with Crippen LogP contribution in [0.5, 0.6) is 0 Å². The Morgan fingerprint density at radius 3 is 3.12 bits per heavy atom. The molecule has 2 aromatic rings. The number of thiazole rings is 1. The average Bonchev–Trinajstić information content (AvgIpc) is 3.27. The molecule has 0 aromatic carbocycles. The third kappa shape index (κ3) is 4.19. The van der Waals surface area contributed by atoms with Crippen molar-refractivity contribution in [3.05, 3.63) is 23.7 Å². The van der Waals surface area contributed by atoms with Gasteiger partial charge >= 0.3 is 0 Å². The van der Waals surface area contributed by atoms with Gasteiger partial charge in [0.1, 0.15) is 0 Å². The van der Waals surface area contributed by atoms with Crippen molar-refractivity contribution >= 4 is 56.5 Å². The van der Waals surface area contributed by atoms with E-state index in [0.717, 1.165) is 16.5 Å². The molecule has 0 bridgehead atoms. The van der Waals surface area contributed by atoms with Gasteiger partial charge < -0.3 is 5.32 Å². The maximum atomic E-state index is 12.1. The van der Waals surface area contributed by atoms with Crippen LogP contribution < -0.4 is 10.2 Å². The van der Waals surface area contributed by atoms with E-state index in [2.05, 4.69) is 27.1 Å². The molecule has 24 heavy (non-hydrogen) atoms. The van der Waals surface area contributed by atoms with Gasteiger partial charge in [0.05, 0.1) is 12.1 Å². The summed E-state index contributed by atoms with van der Waals surface area (Å²) >= 11 is 4.23. The van der Waals surface area contributed by atoms with Crippen molar-refractivity contribution < 1.29 is 9.59 Å². The first-order valence-electron chi connectivity index (χ1n) is 7.27. The Morgan fingerprint density at radius 2 is 2.38 bits per heavy atom. The highest BCUT2D eigenvalue weighted by Gasteiger charge is 2.24. The fourth-order valence-electron chi connectivity index (χ4n) is 2.13. The summed E-state index contributed by atoms with van der Waals surface area (Å²) in [5.74, 6) is 0.647. The predicted octanol–water partition coefficient (Wildman–Crippen LogP) is 2.58. The summed E-state index contributed by atoms with van der Waals surface area (Å²) in [6.45, 7) is 4.35. The van der Waals surface area contributed by atoms with E-state index in [-0.39, 0.29) is 18.2 Å². The molecule has 0 saturated carbocycles. The number of rotatable bonds is 7. The summed E-state index contributed by atoms with van der Waals surface area (Å²) in [5.41, 5.74) is 0.651. The number of nitrogens with zero attached hydrogens (tertiary/aromatic N) is 4. The van der Waals surface area contributed by atoms with Crippen LogP contribution in [0, 0.1) is 0 Å². The lowest BCUT2D eigenvalue weighted by Gasteiger charge is -2.10. The molecule has 0 spiro atoms. The van der Waals surface area contributed by atoms with Crippen LogP contribution in [0.4, 0.5) is 10.3 Å². The quantitative estimate of drug-likeness (QED) is 0.450. The molecule has 2 aromatic heterocycles. The van der Waals surface area contributed by atoms with Crippen LogP contribution in [0.1, 0.15) is 18.5 Å². The molecule has 126 valence electrons. The lowest BCUT2D eigenvalue weighted by atomic mass is 10.3. The van der Waals surface area contributed by atoms with Gasteiger partial charge in [0.25, 0.3) is 0 Å². The molecule has 0 radical (unpaired) electrons. The topological polar surface area (TPSA) is 88.1 Å². The van der Waals surface area contributed by atoms with E-state index in [1.165, 1.54) is 34.4 Å². The largest absolute Gasteiger partial charge is 0.300 e.